The van der Waals surface area contributed by atoms with Crippen LogP contribution in [0.5, 0.6) is 5.75 Å². The van der Waals surface area contributed by atoms with E-state index in [1.807, 2.05) is 12.3 Å². The SMILES string of the molecule is CN1c2nccc(I)c2OCC12CCC2. The third-order valence-electron chi connectivity index (χ3n) is 3.64. The Hall–Kier alpha value is -0.520. The van der Waals surface area contributed by atoms with Crippen LogP contribution in [-0.2, 0) is 0 Å². The average Bonchev–Trinajstić information content (AvgIpc) is 2.17. The number of nitrogens with zero attached hydrogens (tertiary/aromatic N) is 2. The molecule has 2 aliphatic rings. The fourth-order valence-electron chi connectivity index (χ4n) is 2.38. The van der Waals surface area contributed by atoms with Crippen molar-refractivity contribution < 1.29 is 4.74 Å². The molecule has 1 aromatic heterocycles. The number of rotatable bonds is 0. The summed E-state index contributed by atoms with van der Waals surface area (Å²) in [6.07, 6.45) is 5.64. The lowest BCUT2D eigenvalue weighted by molar-refractivity contribution is 0.118. The second-order valence-corrected chi connectivity index (χ2v) is 5.53. The van der Waals surface area contributed by atoms with Gasteiger partial charge in [0.15, 0.2) is 11.6 Å². The van der Waals surface area contributed by atoms with E-state index in [4.69, 9.17) is 4.74 Å². The molecule has 4 heteroatoms. The molecule has 1 fully saturated rings. The topological polar surface area (TPSA) is 25.4 Å². The monoisotopic (exact) mass is 316 g/mol. The molecule has 3 nitrogen and oxygen atoms in total. The van der Waals surface area contributed by atoms with Crippen LogP contribution in [0, 0.1) is 3.57 Å². The molecule has 0 bridgehead atoms. The highest BCUT2D eigenvalue weighted by molar-refractivity contribution is 14.1. The zero-order valence-corrected chi connectivity index (χ0v) is 10.8. The van der Waals surface area contributed by atoms with Crippen LogP contribution >= 0.6 is 22.6 Å². The van der Waals surface area contributed by atoms with Crippen molar-refractivity contribution in [2.45, 2.75) is 24.8 Å². The summed E-state index contributed by atoms with van der Waals surface area (Å²) in [4.78, 5) is 6.75. The van der Waals surface area contributed by atoms with Gasteiger partial charge in [0.1, 0.15) is 6.61 Å². The van der Waals surface area contributed by atoms with Crippen LogP contribution in [0.4, 0.5) is 5.82 Å². The molecule has 0 aromatic carbocycles. The molecular weight excluding hydrogens is 303 g/mol. The van der Waals surface area contributed by atoms with Crippen molar-refractivity contribution in [2.75, 3.05) is 18.6 Å². The number of ether oxygens (including phenoxy) is 1. The fraction of sp³-hybridized carbons (Fsp3) is 0.545. The van der Waals surface area contributed by atoms with Gasteiger partial charge in [-0.05, 0) is 47.9 Å². The summed E-state index contributed by atoms with van der Waals surface area (Å²) in [5.41, 5.74) is 0.241. The van der Waals surface area contributed by atoms with E-state index >= 15 is 0 Å². The van der Waals surface area contributed by atoms with Gasteiger partial charge in [0.2, 0.25) is 0 Å². The Kier molecular flexibility index (Phi) is 2.09. The smallest absolute Gasteiger partial charge is 0.175 e. The second kappa shape index (κ2) is 3.23. The first-order valence-electron chi connectivity index (χ1n) is 5.24. The largest absolute Gasteiger partial charge is 0.486 e. The molecule has 0 radical (unpaired) electrons. The number of likely N-dealkylation sites (N-methyl/N-ethyl adjacent to an activating group) is 1. The fourth-order valence-corrected chi connectivity index (χ4v) is 2.94. The van der Waals surface area contributed by atoms with Gasteiger partial charge in [0.05, 0.1) is 9.11 Å². The minimum atomic E-state index is 0.241. The van der Waals surface area contributed by atoms with Crippen LogP contribution < -0.4 is 9.64 Å². The number of fused-ring (bicyclic) bond motifs is 1. The van der Waals surface area contributed by atoms with Crippen molar-refractivity contribution in [3.8, 4) is 5.75 Å². The van der Waals surface area contributed by atoms with Gasteiger partial charge in [-0.25, -0.2) is 4.98 Å². The van der Waals surface area contributed by atoms with E-state index in [1.165, 1.54) is 19.3 Å². The zero-order chi connectivity index (χ0) is 10.5. The van der Waals surface area contributed by atoms with Crippen LogP contribution in [0.1, 0.15) is 19.3 Å². The molecular formula is C11H13IN2O. The Morgan fingerprint density at radius 3 is 3.00 bits per heavy atom. The molecule has 1 saturated carbocycles. The molecule has 2 heterocycles. The zero-order valence-electron chi connectivity index (χ0n) is 8.66. The summed E-state index contributed by atoms with van der Waals surface area (Å²) in [7, 11) is 2.14. The van der Waals surface area contributed by atoms with E-state index in [-0.39, 0.29) is 5.54 Å². The third kappa shape index (κ3) is 1.26. The van der Waals surface area contributed by atoms with Crippen molar-refractivity contribution in [3.63, 3.8) is 0 Å². The van der Waals surface area contributed by atoms with E-state index in [1.54, 1.807) is 0 Å². The van der Waals surface area contributed by atoms with Crippen molar-refractivity contribution in [1.82, 2.24) is 4.98 Å². The highest BCUT2D eigenvalue weighted by Gasteiger charge is 2.46. The summed E-state index contributed by atoms with van der Waals surface area (Å²) < 4.78 is 7.02. The van der Waals surface area contributed by atoms with E-state index in [0.717, 1.165) is 21.7 Å². The molecule has 0 atom stereocenters. The summed E-state index contributed by atoms with van der Waals surface area (Å²) in [6.45, 7) is 0.818. The molecule has 3 rings (SSSR count). The number of halogens is 1. The van der Waals surface area contributed by atoms with Crippen LogP contribution in [0.25, 0.3) is 0 Å². The lowest BCUT2D eigenvalue weighted by atomic mass is 9.75. The highest BCUT2D eigenvalue weighted by atomic mass is 127. The van der Waals surface area contributed by atoms with Gasteiger partial charge >= 0.3 is 0 Å². The maximum Gasteiger partial charge on any atom is 0.175 e. The van der Waals surface area contributed by atoms with Crippen molar-refractivity contribution in [3.05, 3.63) is 15.8 Å². The normalized spacial score (nSPS) is 21.9. The van der Waals surface area contributed by atoms with Crippen LogP contribution in [0.15, 0.2) is 12.3 Å². The van der Waals surface area contributed by atoms with Gasteiger partial charge in [-0.1, -0.05) is 0 Å². The van der Waals surface area contributed by atoms with Crippen molar-refractivity contribution >= 4 is 28.4 Å². The lowest BCUT2D eigenvalue weighted by Gasteiger charge is -2.51. The number of aromatic nitrogens is 1. The summed E-state index contributed by atoms with van der Waals surface area (Å²) in [5.74, 6) is 1.96. The highest BCUT2D eigenvalue weighted by Crippen LogP contribution is 2.46. The Morgan fingerprint density at radius 2 is 2.33 bits per heavy atom. The van der Waals surface area contributed by atoms with E-state index < -0.39 is 0 Å². The minimum Gasteiger partial charge on any atom is -0.486 e. The minimum absolute atomic E-state index is 0.241. The van der Waals surface area contributed by atoms with E-state index in [0.29, 0.717) is 0 Å². The molecule has 0 amide bonds. The van der Waals surface area contributed by atoms with Gasteiger partial charge in [0, 0.05) is 13.2 Å². The van der Waals surface area contributed by atoms with Crippen LogP contribution in [0.3, 0.4) is 0 Å². The molecule has 1 aromatic rings. The number of hydrogen-bond donors (Lipinski definition) is 0. The molecule has 0 unspecified atom stereocenters. The molecule has 1 spiro atoms. The number of anilines is 1. The van der Waals surface area contributed by atoms with Crippen LogP contribution in [-0.4, -0.2) is 24.2 Å². The predicted octanol–water partition coefficient (Wildman–Crippen LogP) is 2.44. The quantitative estimate of drug-likeness (QED) is 0.688. The number of pyridine rings is 1. The Labute approximate surface area is 103 Å². The molecule has 1 aliphatic heterocycles. The van der Waals surface area contributed by atoms with Gasteiger partial charge in [-0.15, -0.1) is 0 Å². The van der Waals surface area contributed by atoms with Gasteiger partial charge in [-0.3, -0.25) is 0 Å². The van der Waals surface area contributed by atoms with Crippen LogP contribution in [0.2, 0.25) is 0 Å². The first-order chi connectivity index (χ1) is 7.23. The van der Waals surface area contributed by atoms with Crippen molar-refractivity contribution in [2.24, 2.45) is 0 Å². The molecule has 80 valence electrons. The summed E-state index contributed by atoms with van der Waals surface area (Å²) in [5, 5.41) is 0. The molecule has 0 saturated heterocycles. The maximum atomic E-state index is 5.87. The van der Waals surface area contributed by atoms with Gasteiger partial charge < -0.3 is 9.64 Å². The maximum absolute atomic E-state index is 5.87. The summed E-state index contributed by atoms with van der Waals surface area (Å²) >= 11 is 2.30. The summed E-state index contributed by atoms with van der Waals surface area (Å²) in [6, 6.07) is 1.99. The van der Waals surface area contributed by atoms with Crippen molar-refractivity contribution in [1.29, 1.82) is 0 Å². The number of hydrogen-bond acceptors (Lipinski definition) is 3. The first-order valence-corrected chi connectivity index (χ1v) is 6.32. The third-order valence-corrected chi connectivity index (χ3v) is 4.49. The molecule has 15 heavy (non-hydrogen) atoms. The molecule has 1 aliphatic carbocycles. The molecule has 0 N–H and O–H groups in total. The Balaban J connectivity index is 2.06. The standard InChI is InChI=1S/C11H13IN2O/c1-14-10-9(8(12)3-6-13-10)15-7-11(14)4-2-5-11/h3,6H,2,4-5,7H2,1H3. The first kappa shape index (κ1) is 9.69. The predicted molar refractivity (Wildman–Crippen MR) is 67.4 cm³/mol. The Morgan fingerprint density at radius 1 is 1.53 bits per heavy atom. The lowest BCUT2D eigenvalue weighted by Crippen LogP contribution is -2.58. The van der Waals surface area contributed by atoms with Gasteiger partial charge in [-0.2, -0.15) is 0 Å². The van der Waals surface area contributed by atoms with Gasteiger partial charge in [0.25, 0.3) is 0 Å². The second-order valence-electron chi connectivity index (χ2n) is 4.37. The Bertz CT molecular complexity index is 404. The van der Waals surface area contributed by atoms with E-state index in [2.05, 4.69) is 39.5 Å². The van der Waals surface area contributed by atoms with E-state index in [9.17, 15) is 0 Å². The average molecular weight is 316 g/mol.